The van der Waals surface area contributed by atoms with E-state index in [1.807, 2.05) is 36.4 Å². The van der Waals surface area contributed by atoms with Gasteiger partial charge in [0.2, 0.25) is 0 Å². The number of para-hydroxylation sites is 1. The summed E-state index contributed by atoms with van der Waals surface area (Å²) >= 11 is 0. The van der Waals surface area contributed by atoms with Crippen molar-refractivity contribution in [1.82, 2.24) is 10.3 Å². The van der Waals surface area contributed by atoms with E-state index in [0.29, 0.717) is 5.92 Å². The van der Waals surface area contributed by atoms with Crippen LogP contribution in [0.3, 0.4) is 0 Å². The number of carbonyl (C=O) groups excluding carboxylic acids is 1. The number of amides is 1. The lowest BCUT2D eigenvalue weighted by molar-refractivity contribution is 0.137. The first-order valence-corrected chi connectivity index (χ1v) is 12.1. The molecule has 0 saturated heterocycles. The molecule has 4 heteroatoms. The van der Waals surface area contributed by atoms with Crippen LogP contribution in [0.15, 0.2) is 97.1 Å². The maximum atomic E-state index is 12.8. The van der Waals surface area contributed by atoms with Gasteiger partial charge in [-0.15, -0.1) is 0 Å². The first-order chi connectivity index (χ1) is 16.7. The number of nitrogens with one attached hydrogen (secondary N) is 2. The summed E-state index contributed by atoms with van der Waals surface area (Å²) in [4.78, 5) is 16.4. The molecule has 0 radical (unpaired) electrons. The molecule has 0 spiro atoms. The second kappa shape index (κ2) is 10.0. The SMILES string of the molecule is CCC[C@H]1C=C[C@@H](NC(=O)OCc2ccccc2)c2[nH]c3ccccc3c2[C@H]1c1ccccc1. The van der Waals surface area contributed by atoms with Crippen molar-refractivity contribution in [3.05, 3.63) is 119 Å². The van der Waals surface area contributed by atoms with Gasteiger partial charge in [0.25, 0.3) is 0 Å². The molecule has 4 aromatic rings. The second-order valence-electron chi connectivity index (χ2n) is 8.91. The molecule has 1 aliphatic carbocycles. The summed E-state index contributed by atoms with van der Waals surface area (Å²) < 4.78 is 5.55. The molecule has 3 atom stereocenters. The van der Waals surface area contributed by atoms with Crippen LogP contribution in [-0.4, -0.2) is 11.1 Å². The van der Waals surface area contributed by atoms with Crippen molar-refractivity contribution >= 4 is 17.0 Å². The summed E-state index contributed by atoms with van der Waals surface area (Å²) in [6.45, 7) is 2.47. The summed E-state index contributed by atoms with van der Waals surface area (Å²) in [7, 11) is 0. The third kappa shape index (κ3) is 4.49. The molecule has 2 N–H and O–H groups in total. The fraction of sp³-hybridized carbons (Fsp3) is 0.233. The smallest absolute Gasteiger partial charge is 0.408 e. The van der Waals surface area contributed by atoms with Gasteiger partial charge in [-0.3, -0.25) is 0 Å². The maximum absolute atomic E-state index is 12.8. The average Bonchev–Trinajstić information content (AvgIpc) is 3.19. The molecule has 0 saturated carbocycles. The van der Waals surface area contributed by atoms with Crippen LogP contribution in [0.2, 0.25) is 0 Å². The molecule has 1 aromatic heterocycles. The van der Waals surface area contributed by atoms with E-state index in [9.17, 15) is 4.79 Å². The number of hydrogen-bond donors (Lipinski definition) is 2. The van der Waals surface area contributed by atoms with Crippen LogP contribution in [0.4, 0.5) is 4.79 Å². The molecule has 0 bridgehead atoms. The molecule has 0 fully saturated rings. The minimum Gasteiger partial charge on any atom is -0.445 e. The molecule has 1 aliphatic rings. The average molecular weight is 451 g/mol. The normalized spacial score (nSPS) is 19.4. The van der Waals surface area contributed by atoms with Gasteiger partial charge in [-0.1, -0.05) is 104 Å². The highest BCUT2D eigenvalue weighted by molar-refractivity contribution is 5.86. The number of aromatic amines is 1. The number of carbonyl (C=O) groups is 1. The Balaban J connectivity index is 1.52. The van der Waals surface area contributed by atoms with Gasteiger partial charge in [-0.2, -0.15) is 0 Å². The van der Waals surface area contributed by atoms with Gasteiger partial charge in [-0.05, 0) is 35.1 Å². The standard InChI is InChI=1S/C30H30N2O2/c1-2-11-22-18-19-26(32-30(33)34-20-21-12-5-3-6-13-21)29-28(24-16-9-10-17-25(24)31-29)27(22)23-14-7-4-8-15-23/h3-10,12-19,22,26-27,31H,2,11,20H2,1H3,(H,32,33)/t22-,26+,27+/m0/s1. The summed E-state index contributed by atoms with van der Waals surface area (Å²) in [5.74, 6) is 0.535. The highest BCUT2D eigenvalue weighted by Crippen LogP contribution is 2.45. The second-order valence-corrected chi connectivity index (χ2v) is 8.91. The lowest BCUT2D eigenvalue weighted by Crippen LogP contribution is -2.28. The Bertz CT molecular complexity index is 1280. The summed E-state index contributed by atoms with van der Waals surface area (Å²) in [6, 6.07) is 28.6. The number of ether oxygens (including phenoxy) is 1. The molecule has 4 nitrogen and oxygen atoms in total. The zero-order valence-corrected chi connectivity index (χ0v) is 19.4. The van der Waals surface area contributed by atoms with Crippen LogP contribution >= 0.6 is 0 Å². The van der Waals surface area contributed by atoms with Gasteiger partial charge in [0.15, 0.2) is 0 Å². The molecule has 1 heterocycles. The van der Waals surface area contributed by atoms with Crippen LogP contribution in [0, 0.1) is 5.92 Å². The van der Waals surface area contributed by atoms with Crippen LogP contribution in [-0.2, 0) is 11.3 Å². The van der Waals surface area contributed by atoms with E-state index in [2.05, 4.69) is 77.9 Å². The highest BCUT2D eigenvalue weighted by atomic mass is 16.5. The van der Waals surface area contributed by atoms with Crippen LogP contribution < -0.4 is 5.32 Å². The van der Waals surface area contributed by atoms with E-state index in [1.54, 1.807) is 0 Å². The predicted molar refractivity (Wildman–Crippen MR) is 137 cm³/mol. The zero-order chi connectivity index (χ0) is 23.3. The summed E-state index contributed by atoms with van der Waals surface area (Å²) in [6.07, 6.45) is 6.15. The van der Waals surface area contributed by atoms with Crippen molar-refractivity contribution in [1.29, 1.82) is 0 Å². The van der Waals surface area contributed by atoms with E-state index in [4.69, 9.17) is 4.74 Å². The van der Waals surface area contributed by atoms with Crippen molar-refractivity contribution in [3.63, 3.8) is 0 Å². The van der Waals surface area contributed by atoms with Gasteiger partial charge in [0.1, 0.15) is 6.61 Å². The van der Waals surface area contributed by atoms with E-state index in [1.165, 1.54) is 16.5 Å². The zero-order valence-electron chi connectivity index (χ0n) is 19.4. The van der Waals surface area contributed by atoms with Crippen LogP contribution in [0.5, 0.6) is 0 Å². The minimum absolute atomic E-state index is 0.204. The van der Waals surface area contributed by atoms with E-state index >= 15 is 0 Å². The summed E-state index contributed by atoms with van der Waals surface area (Å²) in [5.41, 5.74) is 5.64. The number of H-pyrrole nitrogens is 1. The largest absolute Gasteiger partial charge is 0.445 e. The monoisotopic (exact) mass is 450 g/mol. The van der Waals surface area contributed by atoms with E-state index in [0.717, 1.165) is 29.6 Å². The molecular weight excluding hydrogens is 420 g/mol. The molecule has 3 aromatic carbocycles. The Kier molecular flexibility index (Phi) is 6.48. The number of aromatic nitrogens is 1. The quantitative estimate of drug-likeness (QED) is 0.304. The Morgan fingerprint density at radius 3 is 2.38 bits per heavy atom. The number of rotatable bonds is 6. The predicted octanol–water partition coefficient (Wildman–Crippen LogP) is 7.25. The van der Waals surface area contributed by atoms with Gasteiger partial charge >= 0.3 is 6.09 Å². The highest BCUT2D eigenvalue weighted by Gasteiger charge is 2.33. The Labute approximate surface area is 200 Å². The molecule has 34 heavy (non-hydrogen) atoms. The van der Waals surface area contributed by atoms with Gasteiger partial charge in [0, 0.05) is 22.5 Å². The number of alkyl carbamates (subject to hydrolysis) is 1. The lowest BCUT2D eigenvalue weighted by Gasteiger charge is -2.25. The first kappa shape index (κ1) is 22.0. The van der Waals surface area contributed by atoms with Crippen molar-refractivity contribution in [2.75, 3.05) is 0 Å². The van der Waals surface area contributed by atoms with Crippen molar-refractivity contribution in [3.8, 4) is 0 Å². The molecule has 5 rings (SSSR count). The Morgan fingerprint density at radius 2 is 1.62 bits per heavy atom. The molecular formula is C30H30N2O2. The van der Waals surface area contributed by atoms with E-state index in [-0.39, 0.29) is 18.6 Å². The summed E-state index contributed by atoms with van der Waals surface area (Å²) in [5, 5.41) is 4.31. The van der Waals surface area contributed by atoms with Crippen LogP contribution in [0.1, 0.15) is 54.1 Å². The Morgan fingerprint density at radius 1 is 0.912 bits per heavy atom. The number of benzene rings is 3. The fourth-order valence-electron chi connectivity index (χ4n) is 5.12. The van der Waals surface area contributed by atoms with Crippen molar-refractivity contribution in [2.45, 2.75) is 38.3 Å². The Hall–Kier alpha value is -3.79. The van der Waals surface area contributed by atoms with Crippen LogP contribution in [0.25, 0.3) is 10.9 Å². The maximum Gasteiger partial charge on any atom is 0.408 e. The third-order valence-corrected chi connectivity index (χ3v) is 6.64. The number of hydrogen-bond acceptors (Lipinski definition) is 2. The van der Waals surface area contributed by atoms with Gasteiger partial charge < -0.3 is 15.0 Å². The first-order valence-electron chi connectivity index (χ1n) is 12.1. The van der Waals surface area contributed by atoms with E-state index < -0.39 is 6.09 Å². The minimum atomic E-state index is -0.423. The topological polar surface area (TPSA) is 54.1 Å². The van der Waals surface area contributed by atoms with Crippen molar-refractivity contribution in [2.24, 2.45) is 5.92 Å². The van der Waals surface area contributed by atoms with Gasteiger partial charge in [0.05, 0.1) is 6.04 Å². The molecule has 172 valence electrons. The van der Waals surface area contributed by atoms with Gasteiger partial charge in [-0.25, -0.2) is 4.79 Å². The fourth-order valence-corrected chi connectivity index (χ4v) is 5.12. The van der Waals surface area contributed by atoms with Crippen molar-refractivity contribution < 1.29 is 9.53 Å². The molecule has 1 amide bonds. The number of allylic oxidation sites excluding steroid dienone is 1. The number of fused-ring (bicyclic) bond motifs is 3. The molecule has 0 unspecified atom stereocenters. The molecule has 0 aliphatic heterocycles. The third-order valence-electron chi connectivity index (χ3n) is 6.64. The lowest BCUT2D eigenvalue weighted by atomic mass is 9.78.